The predicted octanol–water partition coefficient (Wildman–Crippen LogP) is 1.38. The van der Waals surface area contributed by atoms with Crippen molar-refractivity contribution in [1.29, 1.82) is 0 Å². The third-order valence-corrected chi connectivity index (χ3v) is 2.96. The molecule has 5 nitrogen and oxygen atoms in total. The lowest BCUT2D eigenvalue weighted by Crippen LogP contribution is -2.44. The zero-order valence-electron chi connectivity index (χ0n) is 12.4. The second-order valence-corrected chi connectivity index (χ2v) is 4.57. The van der Waals surface area contributed by atoms with Crippen molar-refractivity contribution >= 4 is 11.9 Å². The van der Waals surface area contributed by atoms with E-state index < -0.39 is 0 Å². The molecule has 0 spiro atoms. The first-order valence-electron chi connectivity index (χ1n) is 6.97. The summed E-state index contributed by atoms with van der Waals surface area (Å²) in [7, 11) is 1.74. The predicted molar refractivity (Wildman–Crippen MR) is 83.0 cm³/mol. The highest BCUT2D eigenvalue weighted by Crippen LogP contribution is 1.96. The lowest BCUT2D eigenvalue weighted by atomic mass is 10.2. The van der Waals surface area contributed by atoms with E-state index in [1.54, 1.807) is 19.2 Å². The number of rotatable bonds is 6. The molecule has 1 aromatic rings. The molecule has 1 amide bonds. The van der Waals surface area contributed by atoms with Gasteiger partial charge in [0.2, 0.25) is 0 Å². The van der Waals surface area contributed by atoms with Crippen molar-refractivity contribution in [2.45, 2.75) is 26.3 Å². The summed E-state index contributed by atoms with van der Waals surface area (Å²) in [5, 5.41) is 9.29. The summed E-state index contributed by atoms with van der Waals surface area (Å²) in [6, 6.07) is 9.57. The molecular formula is C15H24N4O. The van der Waals surface area contributed by atoms with Crippen LogP contribution >= 0.6 is 0 Å². The number of carbonyl (C=O) groups excluding carboxylic acids is 1. The van der Waals surface area contributed by atoms with Gasteiger partial charge in [-0.1, -0.05) is 25.1 Å². The summed E-state index contributed by atoms with van der Waals surface area (Å²) in [5.41, 5.74) is 0.676. The van der Waals surface area contributed by atoms with Gasteiger partial charge in [-0.05, 0) is 25.5 Å². The molecule has 0 saturated heterocycles. The Morgan fingerprint density at radius 3 is 2.45 bits per heavy atom. The van der Waals surface area contributed by atoms with Crippen molar-refractivity contribution in [3.8, 4) is 0 Å². The van der Waals surface area contributed by atoms with Gasteiger partial charge in [-0.25, -0.2) is 0 Å². The van der Waals surface area contributed by atoms with Gasteiger partial charge < -0.3 is 16.0 Å². The van der Waals surface area contributed by atoms with E-state index in [4.69, 9.17) is 0 Å². The van der Waals surface area contributed by atoms with Gasteiger partial charge in [0.1, 0.15) is 0 Å². The molecule has 1 atom stereocenters. The van der Waals surface area contributed by atoms with E-state index in [0.717, 1.165) is 12.4 Å². The number of carbonyl (C=O) groups is 1. The van der Waals surface area contributed by atoms with Gasteiger partial charge in [0.25, 0.3) is 5.91 Å². The molecule has 0 aromatic heterocycles. The van der Waals surface area contributed by atoms with Crippen molar-refractivity contribution in [3.63, 3.8) is 0 Å². The Bertz CT molecular complexity index is 431. The van der Waals surface area contributed by atoms with Crippen LogP contribution in [0.5, 0.6) is 0 Å². The van der Waals surface area contributed by atoms with E-state index in [9.17, 15) is 4.79 Å². The van der Waals surface area contributed by atoms with Gasteiger partial charge in [0.05, 0.1) is 0 Å². The summed E-state index contributed by atoms with van der Waals surface area (Å²) in [5.74, 6) is 0.700. The molecule has 1 aromatic carbocycles. The Labute approximate surface area is 120 Å². The highest BCUT2D eigenvalue weighted by Gasteiger charge is 2.04. The van der Waals surface area contributed by atoms with Gasteiger partial charge in [-0.2, -0.15) is 0 Å². The fourth-order valence-electron chi connectivity index (χ4n) is 1.58. The number of amides is 1. The van der Waals surface area contributed by atoms with Crippen molar-refractivity contribution in [3.05, 3.63) is 35.9 Å². The summed E-state index contributed by atoms with van der Waals surface area (Å²) >= 11 is 0. The zero-order chi connectivity index (χ0) is 14.8. The number of hydrogen-bond acceptors (Lipinski definition) is 2. The summed E-state index contributed by atoms with van der Waals surface area (Å²) in [6.07, 6.45) is 1.03. The fourth-order valence-corrected chi connectivity index (χ4v) is 1.58. The summed E-state index contributed by atoms with van der Waals surface area (Å²) in [4.78, 5) is 15.9. The van der Waals surface area contributed by atoms with Crippen molar-refractivity contribution in [2.24, 2.45) is 4.99 Å². The Balaban J connectivity index is 2.26. The van der Waals surface area contributed by atoms with Crippen LogP contribution in [-0.2, 0) is 0 Å². The molecule has 3 N–H and O–H groups in total. The molecule has 20 heavy (non-hydrogen) atoms. The second-order valence-electron chi connectivity index (χ2n) is 4.57. The number of aliphatic imine (C=N–C) groups is 1. The van der Waals surface area contributed by atoms with Crippen LogP contribution in [0.25, 0.3) is 0 Å². The van der Waals surface area contributed by atoms with Crippen molar-refractivity contribution in [2.75, 3.05) is 20.1 Å². The van der Waals surface area contributed by atoms with E-state index in [2.05, 4.69) is 34.8 Å². The van der Waals surface area contributed by atoms with Crippen molar-refractivity contribution in [1.82, 2.24) is 16.0 Å². The smallest absolute Gasteiger partial charge is 0.251 e. The van der Waals surface area contributed by atoms with E-state index >= 15 is 0 Å². The van der Waals surface area contributed by atoms with Gasteiger partial charge in [-0.3, -0.25) is 9.79 Å². The molecule has 0 saturated carbocycles. The quantitative estimate of drug-likeness (QED) is 0.418. The van der Waals surface area contributed by atoms with E-state index in [-0.39, 0.29) is 5.91 Å². The molecule has 1 rings (SSSR count). The molecule has 1 unspecified atom stereocenters. The first kappa shape index (κ1) is 16.0. The largest absolute Gasteiger partial charge is 0.355 e. The van der Waals surface area contributed by atoms with Gasteiger partial charge >= 0.3 is 0 Å². The topological polar surface area (TPSA) is 65.5 Å². The average molecular weight is 276 g/mol. The molecule has 5 heteroatoms. The van der Waals surface area contributed by atoms with Crippen LogP contribution in [0.3, 0.4) is 0 Å². The van der Waals surface area contributed by atoms with Crippen LogP contribution in [0.15, 0.2) is 35.3 Å². The highest BCUT2D eigenvalue weighted by molar-refractivity contribution is 5.94. The van der Waals surface area contributed by atoms with Crippen LogP contribution < -0.4 is 16.0 Å². The number of benzene rings is 1. The Morgan fingerprint density at radius 2 is 1.85 bits per heavy atom. The van der Waals surface area contributed by atoms with Crippen LogP contribution in [-0.4, -0.2) is 38.0 Å². The lowest BCUT2D eigenvalue weighted by Gasteiger charge is -2.16. The summed E-state index contributed by atoms with van der Waals surface area (Å²) < 4.78 is 0. The normalized spacial score (nSPS) is 12.7. The van der Waals surface area contributed by atoms with Crippen LogP contribution in [0.2, 0.25) is 0 Å². The third kappa shape index (κ3) is 5.73. The fraction of sp³-hybridized carbons (Fsp3) is 0.467. The molecule has 0 aliphatic heterocycles. The minimum Gasteiger partial charge on any atom is -0.355 e. The van der Waals surface area contributed by atoms with E-state index in [0.29, 0.717) is 24.7 Å². The molecule has 0 heterocycles. The maximum Gasteiger partial charge on any atom is 0.251 e. The first-order chi connectivity index (χ1) is 9.67. The highest BCUT2D eigenvalue weighted by atomic mass is 16.1. The zero-order valence-corrected chi connectivity index (χ0v) is 12.4. The molecular weight excluding hydrogens is 252 g/mol. The molecule has 0 aliphatic carbocycles. The standard InChI is InChI=1S/C15H24N4O/c1-4-12(2)19-15(16-3)18-11-10-17-14(20)13-8-6-5-7-9-13/h5-9,12H,4,10-11H2,1-3H3,(H,17,20)(H2,16,18,19). The van der Waals surface area contributed by atoms with Gasteiger partial charge in [0.15, 0.2) is 5.96 Å². The maximum atomic E-state index is 11.8. The first-order valence-corrected chi connectivity index (χ1v) is 6.97. The Kier molecular flexibility index (Phi) is 7.17. The number of hydrogen-bond donors (Lipinski definition) is 3. The molecule has 0 bridgehead atoms. The minimum absolute atomic E-state index is 0.0581. The average Bonchev–Trinajstić information content (AvgIpc) is 2.50. The van der Waals surface area contributed by atoms with Crippen LogP contribution in [0.1, 0.15) is 30.6 Å². The van der Waals surface area contributed by atoms with E-state index in [1.165, 1.54) is 0 Å². The summed E-state index contributed by atoms with van der Waals surface area (Å²) in [6.45, 7) is 5.40. The van der Waals surface area contributed by atoms with Crippen LogP contribution in [0, 0.1) is 0 Å². The van der Waals surface area contributed by atoms with Gasteiger partial charge in [-0.15, -0.1) is 0 Å². The van der Waals surface area contributed by atoms with E-state index in [1.807, 2.05) is 18.2 Å². The third-order valence-electron chi connectivity index (χ3n) is 2.96. The Morgan fingerprint density at radius 1 is 1.20 bits per heavy atom. The number of nitrogens with one attached hydrogen (secondary N) is 3. The van der Waals surface area contributed by atoms with Crippen LogP contribution in [0.4, 0.5) is 0 Å². The molecule has 0 aliphatic rings. The SMILES string of the molecule is CCC(C)NC(=NC)NCCNC(=O)c1ccccc1. The Hall–Kier alpha value is -2.04. The second kappa shape index (κ2) is 8.96. The lowest BCUT2D eigenvalue weighted by molar-refractivity contribution is 0.0954. The molecule has 0 radical (unpaired) electrons. The monoisotopic (exact) mass is 276 g/mol. The molecule has 0 fully saturated rings. The number of nitrogens with zero attached hydrogens (tertiary/aromatic N) is 1. The van der Waals surface area contributed by atoms with Gasteiger partial charge in [0, 0.05) is 31.7 Å². The van der Waals surface area contributed by atoms with Crippen molar-refractivity contribution < 1.29 is 4.79 Å². The minimum atomic E-state index is -0.0581. The maximum absolute atomic E-state index is 11.8. The number of guanidine groups is 1. The molecule has 110 valence electrons.